The van der Waals surface area contributed by atoms with Gasteiger partial charge in [-0.2, -0.15) is 0 Å². The fraction of sp³-hybridized carbons (Fsp3) is 0.188. The molecule has 0 atom stereocenters. The lowest BCUT2D eigenvalue weighted by atomic mass is 10.2. The predicted octanol–water partition coefficient (Wildman–Crippen LogP) is 3.16. The molecule has 5 nitrogen and oxygen atoms in total. The fourth-order valence-electron chi connectivity index (χ4n) is 1.90. The van der Waals surface area contributed by atoms with Gasteiger partial charge in [0.2, 0.25) is 0 Å². The first-order valence-electron chi connectivity index (χ1n) is 6.64. The van der Waals surface area contributed by atoms with Crippen molar-refractivity contribution in [3.8, 4) is 11.5 Å². The Morgan fingerprint density at radius 1 is 1.14 bits per heavy atom. The molecular weight excluding hydrogens is 287 g/mol. The Hall–Kier alpha value is -2.76. The number of urea groups is 1. The summed E-state index contributed by atoms with van der Waals surface area (Å²) in [4.78, 5) is 11.9. The number of anilines is 1. The van der Waals surface area contributed by atoms with Crippen LogP contribution in [0.1, 0.15) is 5.56 Å². The van der Waals surface area contributed by atoms with Gasteiger partial charge in [-0.3, -0.25) is 0 Å². The van der Waals surface area contributed by atoms with E-state index in [1.54, 1.807) is 36.4 Å². The van der Waals surface area contributed by atoms with Crippen molar-refractivity contribution in [3.05, 3.63) is 53.8 Å². The highest BCUT2D eigenvalue weighted by atomic mass is 19.1. The van der Waals surface area contributed by atoms with Crippen LogP contribution in [0.25, 0.3) is 0 Å². The summed E-state index contributed by atoms with van der Waals surface area (Å²) < 4.78 is 23.7. The van der Waals surface area contributed by atoms with Crippen LogP contribution in [0.3, 0.4) is 0 Å². The molecule has 0 saturated carbocycles. The summed E-state index contributed by atoms with van der Waals surface area (Å²) in [6.45, 7) is 0.0881. The summed E-state index contributed by atoms with van der Waals surface area (Å²) in [6.07, 6.45) is 0. The molecule has 116 valence electrons. The molecule has 22 heavy (non-hydrogen) atoms. The molecule has 0 bridgehead atoms. The van der Waals surface area contributed by atoms with Crippen molar-refractivity contribution in [1.82, 2.24) is 5.32 Å². The number of carbonyl (C=O) groups excluding carboxylic acids is 1. The van der Waals surface area contributed by atoms with Gasteiger partial charge in [0.05, 0.1) is 19.9 Å². The van der Waals surface area contributed by atoms with Gasteiger partial charge >= 0.3 is 6.03 Å². The van der Waals surface area contributed by atoms with E-state index in [0.717, 1.165) is 0 Å². The lowest BCUT2D eigenvalue weighted by Crippen LogP contribution is -2.28. The Labute approximate surface area is 128 Å². The Morgan fingerprint density at radius 3 is 2.59 bits per heavy atom. The Bertz CT molecular complexity index is 662. The van der Waals surface area contributed by atoms with Crippen LogP contribution >= 0.6 is 0 Å². The topological polar surface area (TPSA) is 59.6 Å². The van der Waals surface area contributed by atoms with Gasteiger partial charge < -0.3 is 20.1 Å². The molecule has 6 heteroatoms. The maximum Gasteiger partial charge on any atom is 0.319 e. The quantitative estimate of drug-likeness (QED) is 0.892. The number of rotatable bonds is 5. The van der Waals surface area contributed by atoms with Gasteiger partial charge in [-0.25, -0.2) is 9.18 Å². The maximum atomic E-state index is 13.5. The number of hydrogen-bond acceptors (Lipinski definition) is 3. The molecule has 2 rings (SSSR count). The molecular formula is C16H17FN2O3. The Morgan fingerprint density at radius 2 is 1.91 bits per heavy atom. The largest absolute Gasteiger partial charge is 0.497 e. The third-order valence-electron chi connectivity index (χ3n) is 3.05. The van der Waals surface area contributed by atoms with Crippen molar-refractivity contribution in [2.24, 2.45) is 0 Å². The molecule has 0 saturated heterocycles. The van der Waals surface area contributed by atoms with E-state index in [9.17, 15) is 9.18 Å². The third kappa shape index (κ3) is 3.88. The summed E-state index contributed by atoms with van der Waals surface area (Å²) in [5.41, 5.74) is 0.878. The Balaban J connectivity index is 2.01. The van der Waals surface area contributed by atoms with E-state index in [1.807, 2.05) is 0 Å². The molecule has 2 aromatic rings. The van der Waals surface area contributed by atoms with E-state index in [1.165, 1.54) is 20.3 Å². The third-order valence-corrected chi connectivity index (χ3v) is 3.05. The van der Waals surface area contributed by atoms with Crippen molar-refractivity contribution in [3.63, 3.8) is 0 Å². The van der Waals surface area contributed by atoms with Gasteiger partial charge in [-0.05, 0) is 18.2 Å². The number of ether oxygens (including phenoxy) is 2. The minimum absolute atomic E-state index is 0.0881. The normalized spacial score (nSPS) is 9.95. The van der Waals surface area contributed by atoms with Crippen molar-refractivity contribution in [1.29, 1.82) is 0 Å². The number of benzene rings is 2. The molecule has 0 aromatic heterocycles. The number of amides is 2. The zero-order valence-corrected chi connectivity index (χ0v) is 12.4. The number of nitrogens with one attached hydrogen (secondary N) is 2. The van der Waals surface area contributed by atoms with Crippen LogP contribution in [0.4, 0.5) is 14.9 Å². The van der Waals surface area contributed by atoms with E-state index >= 15 is 0 Å². The van der Waals surface area contributed by atoms with Gasteiger partial charge in [-0.15, -0.1) is 0 Å². The van der Waals surface area contributed by atoms with Gasteiger partial charge in [0.25, 0.3) is 0 Å². The van der Waals surface area contributed by atoms with Crippen LogP contribution in [0.2, 0.25) is 0 Å². The SMILES string of the molecule is COc1ccc(OC)c(NC(=O)NCc2ccccc2F)c1. The first-order valence-corrected chi connectivity index (χ1v) is 6.64. The monoisotopic (exact) mass is 304 g/mol. The molecule has 2 amide bonds. The molecule has 0 unspecified atom stereocenters. The van der Waals surface area contributed by atoms with Gasteiger partial charge in [0.1, 0.15) is 17.3 Å². The number of hydrogen-bond donors (Lipinski definition) is 2. The molecule has 0 spiro atoms. The number of halogens is 1. The number of methoxy groups -OCH3 is 2. The second-order valence-corrected chi connectivity index (χ2v) is 4.47. The molecule has 0 aliphatic rings. The van der Waals surface area contributed by atoms with Gasteiger partial charge in [0, 0.05) is 18.2 Å². The zero-order chi connectivity index (χ0) is 15.9. The van der Waals surface area contributed by atoms with E-state index in [2.05, 4.69) is 10.6 Å². The molecule has 2 aromatic carbocycles. The van der Waals surface area contributed by atoms with Crippen molar-refractivity contribution in [2.45, 2.75) is 6.54 Å². The van der Waals surface area contributed by atoms with Gasteiger partial charge in [0.15, 0.2) is 0 Å². The van der Waals surface area contributed by atoms with Crippen LogP contribution in [0.5, 0.6) is 11.5 Å². The van der Waals surface area contributed by atoms with Crippen LogP contribution < -0.4 is 20.1 Å². The molecule has 0 aliphatic carbocycles. The lowest BCUT2D eigenvalue weighted by molar-refractivity contribution is 0.251. The first kappa shape index (κ1) is 15.6. The summed E-state index contributed by atoms with van der Waals surface area (Å²) in [5.74, 6) is 0.730. The average Bonchev–Trinajstić information content (AvgIpc) is 2.54. The van der Waals surface area contributed by atoms with E-state index in [4.69, 9.17) is 9.47 Å². The van der Waals surface area contributed by atoms with Crippen molar-refractivity contribution >= 4 is 11.7 Å². The van der Waals surface area contributed by atoms with Crippen LogP contribution in [0, 0.1) is 5.82 Å². The van der Waals surface area contributed by atoms with Gasteiger partial charge in [-0.1, -0.05) is 18.2 Å². The predicted molar refractivity (Wildman–Crippen MR) is 81.8 cm³/mol. The van der Waals surface area contributed by atoms with E-state index in [-0.39, 0.29) is 12.4 Å². The van der Waals surface area contributed by atoms with Crippen LogP contribution in [0.15, 0.2) is 42.5 Å². The number of carbonyl (C=O) groups is 1. The highest BCUT2D eigenvalue weighted by molar-refractivity contribution is 5.91. The first-order chi connectivity index (χ1) is 10.6. The van der Waals surface area contributed by atoms with Crippen LogP contribution in [-0.4, -0.2) is 20.3 Å². The Kier molecular flexibility index (Phi) is 5.19. The van der Waals surface area contributed by atoms with Crippen molar-refractivity contribution < 1.29 is 18.7 Å². The summed E-state index contributed by atoms with van der Waals surface area (Å²) >= 11 is 0. The van der Waals surface area contributed by atoms with Crippen LogP contribution in [-0.2, 0) is 6.54 Å². The highest BCUT2D eigenvalue weighted by Crippen LogP contribution is 2.28. The van der Waals surface area contributed by atoms with Crippen molar-refractivity contribution in [2.75, 3.05) is 19.5 Å². The van der Waals surface area contributed by atoms with E-state index in [0.29, 0.717) is 22.7 Å². The smallest absolute Gasteiger partial charge is 0.319 e. The summed E-state index contributed by atoms with van der Waals surface area (Å²) in [6, 6.07) is 10.9. The molecule has 0 aliphatic heterocycles. The molecule has 0 fully saturated rings. The second-order valence-electron chi connectivity index (χ2n) is 4.47. The maximum absolute atomic E-state index is 13.5. The van der Waals surface area contributed by atoms with E-state index < -0.39 is 6.03 Å². The zero-order valence-electron chi connectivity index (χ0n) is 12.4. The average molecular weight is 304 g/mol. The summed E-state index contributed by atoms with van der Waals surface area (Å²) in [5, 5.41) is 5.24. The lowest BCUT2D eigenvalue weighted by Gasteiger charge is -2.12. The minimum atomic E-state index is -0.463. The molecule has 0 radical (unpaired) electrons. The second kappa shape index (κ2) is 7.31. The minimum Gasteiger partial charge on any atom is -0.497 e. The highest BCUT2D eigenvalue weighted by Gasteiger charge is 2.09. The summed E-state index contributed by atoms with van der Waals surface area (Å²) in [7, 11) is 3.04. The fourth-order valence-corrected chi connectivity index (χ4v) is 1.90. The standard InChI is InChI=1S/C16H17FN2O3/c1-21-12-7-8-15(22-2)14(9-12)19-16(20)18-10-11-5-3-4-6-13(11)17/h3-9H,10H2,1-2H3,(H2,18,19,20). The molecule has 0 heterocycles. The molecule has 2 N–H and O–H groups in total.